The smallest absolute Gasteiger partial charge is 0.249 e. The van der Waals surface area contributed by atoms with E-state index in [0.717, 1.165) is 22.9 Å². The summed E-state index contributed by atoms with van der Waals surface area (Å²) in [4.78, 5) is 4.18. The third kappa shape index (κ3) is 3.11. The summed E-state index contributed by atoms with van der Waals surface area (Å²) in [5, 5.41) is 16.7. The second-order valence-electron chi connectivity index (χ2n) is 4.97. The minimum Gasteiger partial charge on any atom is -0.497 e. The number of benzene rings is 1. The number of ether oxygens (including phenoxy) is 1. The molecule has 0 atom stereocenters. The Kier molecular flexibility index (Phi) is 4.52. The van der Waals surface area contributed by atoms with Gasteiger partial charge in [-0.25, -0.2) is 9.67 Å². The van der Waals surface area contributed by atoms with Gasteiger partial charge < -0.3 is 10.1 Å². The van der Waals surface area contributed by atoms with Gasteiger partial charge in [-0.3, -0.25) is 0 Å². The molecule has 24 heavy (non-hydrogen) atoms. The predicted molar refractivity (Wildman–Crippen MR) is 93.2 cm³/mol. The van der Waals surface area contributed by atoms with Gasteiger partial charge >= 0.3 is 0 Å². The van der Waals surface area contributed by atoms with Crippen LogP contribution < -0.4 is 10.1 Å². The van der Waals surface area contributed by atoms with Crippen LogP contribution in [0.1, 0.15) is 11.5 Å². The van der Waals surface area contributed by atoms with E-state index in [2.05, 4.69) is 30.0 Å². The van der Waals surface area contributed by atoms with Crippen LogP contribution in [0.15, 0.2) is 34.5 Å². The van der Waals surface area contributed by atoms with Gasteiger partial charge in [-0.2, -0.15) is 9.47 Å². The van der Waals surface area contributed by atoms with Gasteiger partial charge in [-0.1, -0.05) is 0 Å². The number of hydrogen-bond acceptors (Lipinski definition) is 8. The summed E-state index contributed by atoms with van der Waals surface area (Å²) in [7, 11) is 3.46. The molecule has 8 nitrogen and oxygen atoms in total. The van der Waals surface area contributed by atoms with Crippen molar-refractivity contribution in [2.24, 2.45) is 10.2 Å². The third-order valence-electron chi connectivity index (χ3n) is 3.34. The van der Waals surface area contributed by atoms with Crippen molar-refractivity contribution in [2.75, 3.05) is 19.5 Å². The summed E-state index contributed by atoms with van der Waals surface area (Å²) in [6, 6.07) is 7.64. The van der Waals surface area contributed by atoms with E-state index in [1.807, 2.05) is 45.2 Å². The van der Waals surface area contributed by atoms with Crippen molar-refractivity contribution in [1.82, 2.24) is 19.1 Å². The normalized spacial score (nSPS) is 11.2. The summed E-state index contributed by atoms with van der Waals surface area (Å²) in [5.41, 5.74) is 2.33. The van der Waals surface area contributed by atoms with Crippen LogP contribution in [0, 0.1) is 13.8 Å². The number of azo groups is 1. The Labute approximate surface area is 143 Å². The van der Waals surface area contributed by atoms with Crippen LogP contribution in [0.4, 0.5) is 16.6 Å². The summed E-state index contributed by atoms with van der Waals surface area (Å²) in [6.07, 6.45) is 0. The second kappa shape index (κ2) is 6.75. The molecule has 3 rings (SSSR count). The van der Waals surface area contributed by atoms with Crippen molar-refractivity contribution in [3.8, 4) is 11.4 Å². The number of nitrogens with one attached hydrogen (secondary N) is 1. The van der Waals surface area contributed by atoms with Crippen molar-refractivity contribution in [2.45, 2.75) is 13.8 Å². The van der Waals surface area contributed by atoms with Crippen molar-refractivity contribution in [3.05, 3.63) is 35.8 Å². The molecule has 0 aliphatic heterocycles. The topological polar surface area (TPSA) is 89.6 Å². The van der Waals surface area contributed by atoms with E-state index in [-0.39, 0.29) is 0 Å². The molecule has 1 N–H and O–H groups in total. The molecule has 124 valence electrons. The lowest BCUT2D eigenvalue weighted by Crippen LogP contribution is -2.02. The number of aryl methyl sites for hydroxylation is 2. The van der Waals surface area contributed by atoms with Gasteiger partial charge in [0.25, 0.3) is 0 Å². The van der Waals surface area contributed by atoms with E-state index in [4.69, 9.17) is 4.74 Å². The van der Waals surface area contributed by atoms with Crippen LogP contribution in [-0.2, 0) is 0 Å². The molecule has 3 aromatic rings. The maximum Gasteiger partial charge on any atom is 0.249 e. The molecular formula is C15H17N7OS. The minimum absolute atomic E-state index is 0.520. The van der Waals surface area contributed by atoms with E-state index in [9.17, 15) is 0 Å². The fourth-order valence-corrected chi connectivity index (χ4v) is 2.70. The number of anilines is 1. The molecule has 0 saturated heterocycles. The molecule has 1 aromatic carbocycles. The number of hydrogen-bond donors (Lipinski definition) is 1. The summed E-state index contributed by atoms with van der Waals surface area (Å²) >= 11 is 1.21. The van der Waals surface area contributed by atoms with E-state index >= 15 is 0 Å². The van der Waals surface area contributed by atoms with Crippen molar-refractivity contribution < 1.29 is 4.74 Å². The van der Waals surface area contributed by atoms with Crippen molar-refractivity contribution in [1.29, 1.82) is 0 Å². The molecular weight excluding hydrogens is 326 g/mol. The Morgan fingerprint density at radius 1 is 1.17 bits per heavy atom. The molecule has 0 bridgehead atoms. The monoisotopic (exact) mass is 343 g/mol. The molecule has 0 radical (unpaired) electrons. The molecule has 0 aliphatic carbocycles. The molecule has 2 aromatic heterocycles. The number of nitrogens with zero attached hydrogens (tertiary/aromatic N) is 6. The van der Waals surface area contributed by atoms with Crippen LogP contribution >= 0.6 is 11.5 Å². The first-order chi connectivity index (χ1) is 11.6. The standard InChI is InChI=1S/C15H17N7OS/c1-9-13(18-19-15-17-10(2)21-24-15)14(16-3)22(20-9)11-5-7-12(23-4)8-6-11/h5-8,16H,1-4H3. The Bertz CT molecular complexity index is 867. The number of rotatable bonds is 5. The predicted octanol–water partition coefficient (Wildman–Crippen LogP) is 3.81. The summed E-state index contributed by atoms with van der Waals surface area (Å²) < 4.78 is 11.1. The van der Waals surface area contributed by atoms with E-state index in [0.29, 0.717) is 16.6 Å². The van der Waals surface area contributed by atoms with Gasteiger partial charge in [0.05, 0.1) is 18.5 Å². The molecule has 9 heteroatoms. The number of methoxy groups -OCH3 is 1. The molecule has 0 spiro atoms. The quantitative estimate of drug-likeness (QED) is 0.712. The maximum absolute atomic E-state index is 5.19. The molecule has 0 fully saturated rings. The molecule has 0 aliphatic rings. The van der Waals surface area contributed by atoms with Gasteiger partial charge in [0.15, 0.2) is 11.5 Å². The highest BCUT2D eigenvalue weighted by Gasteiger charge is 2.15. The van der Waals surface area contributed by atoms with Gasteiger partial charge in [0.2, 0.25) is 5.13 Å². The summed E-state index contributed by atoms with van der Waals surface area (Å²) in [6.45, 7) is 3.71. The van der Waals surface area contributed by atoms with Gasteiger partial charge in [0.1, 0.15) is 11.6 Å². The zero-order valence-corrected chi connectivity index (χ0v) is 14.6. The van der Waals surface area contributed by atoms with Gasteiger partial charge in [-0.15, -0.1) is 10.2 Å². The van der Waals surface area contributed by atoms with Crippen LogP contribution in [0.3, 0.4) is 0 Å². The van der Waals surface area contributed by atoms with Crippen molar-refractivity contribution >= 4 is 28.2 Å². The van der Waals surface area contributed by atoms with Crippen LogP contribution in [-0.4, -0.2) is 33.3 Å². The highest BCUT2D eigenvalue weighted by molar-refractivity contribution is 7.09. The average Bonchev–Trinajstić information content (AvgIpc) is 3.15. The molecule has 0 amide bonds. The Morgan fingerprint density at radius 3 is 2.50 bits per heavy atom. The van der Waals surface area contributed by atoms with Crippen LogP contribution in [0.5, 0.6) is 5.75 Å². The zero-order valence-electron chi connectivity index (χ0n) is 13.8. The largest absolute Gasteiger partial charge is 0.497 e. The second-order valence-corrected chi connectivity index (χ2v) is 5.70. The first kappa shape index (κ1) is 16.1. The lowest BCUT2D eigenvalue weighted by atomic mass is 10.3. The SMILES string of the molecule is CNc1c(N=Nc2nc(C)ns2)c(C)nn1-c1ccc(OC)cc1. The average molecular weight is 343 g/mol. The van der Waals surface area contributed by atoms with Crippen molar-refractivity contribution in [3.63, 3.8) is 0 Å². The minimum atomic E-state index is 0.520. The highest BCUT2D eigenvalue weighted by atomic mass is 32.1. The third-order valence-corrected chi connectivity index (χ3v) is 4.03. The Balaban J connectivity index is 1.98. The van der Waals surface area contributed by atoms with E-state index < -0.39 is 0 Å². The lowest BCUT2D eigenvalue weighted by molar-refractivity contribution is 0.414. The first-order valence-electron chi connectivity index (χ1n) is 7.26. The highest BCUT2D eigenvalue weighted by Crippen LogP contribution is 2.33. The van der Waals surface area contributed by atoms with E-state index in [1.165, 1.54) is 11.5 Å². The van der Waals surface area contributed by atoms with Gasteiger partial charge in [-0.05, 0) is 38.1 Å². The zero-order chi connectivity index (χ0) is 17.1. The molecule has 0 unspecified atom stereocenters. The first-order valence-corrected chi connectivity index (χ1v) is 8.03. The number of aromatic nitrogens is 4. The summed E-state index contributed by atoms with van der Waals surface area (Å²) in [5.74, 6) is 2.23. The van der Waals surface area contributed by atoms with Crippen LogP contribution in [0.25, 0.3) is 5.69 Å². The lowest BCUT2D eigenvalue weighted by Gasteiger charge is -2.07. The Morgan fingerprint density at radius 2 is 1.92 bits per heavy atom. The fraction of sp³-hybridized carbons (Fsp3) is 0.267. The molecule has 2 heterocycles. The van der Waals surface area contributed by atoms with Crippen LogP contribution in [0.2, 0.25) is 0 Å². The van der Waals surface area contributed by atoms with Gasteiger partial charge in [0, 0.05) is 18.6 Å². The fourth-order valence-electron chi connectivity index (χ4n) is 2.19. The molecule has 0 saturated carbocycles. The van der Waals surface area contributed by atoms with E-state index in [1.54, 1.807) is 11.8 Å². The maximum atomic E-state index is 5.19. The Hall–Kier alpha value is -2.81.